The van der Waals surface area contributed by atoms with E-state index in [1.807, 2.05) is 19.9 Å². The second kappa shape index (κ2) is 6.47. The van der Waals surface area contributed by atoms with Crippen LogP contribution in [0.5, 0.6) is 0 Å². The lowest BCUT2D eigenvalue weighted by Gasteiger charge is -2.17. The molecule has 0 radical (unpaired) electrons. The van der Waals surface area contributed by atoms with E-state index in [4.69, 9.17) is 0 Å². The number of hydrogen-bond donors (Lipinski definition) is 0. The van der Waals surface area contributed by atoms with Crippen molar-refractivity contribution in [1.82, 2.24) is 0 Å². The van der Waals surface area contributed by atoms with E-state index < -0.39 is 0 Å². The highest BCUT2D eigenvalue weighted by Gasteiger charge is 2.11. The van der Waals surface area contributed by atoms with Crippen LogP contribution >= 0.6 is 0 Å². The lowest BCUT2D eigenvalue weighted by atomic mass is 9.88. The lowest BCUT2D eigenvalue weighted by molar-refractivity contribution is -0.110. The van der Waals surface area contributed by atoms with E-state index in [1.165, 1.54) is 5.57 Å². The molecule has 0 amide bonds. The minimum Gasteiger partial charge on any atom is -0.290 e. The average Bonchev–Trinajstić information content (AvgIpc) is 2.11. The van der Waals surface area contributed by atoms with Gasteiger partial charge in [-0.2, -0.15) is 0 Å². The van der Waals surface area contributed by atoms with Crippen molar-refractivity contribution in [2.75, 3.05) is 0 Å². The normalized spacial score (nSPS) is 11.4. The van der Waals surface area contributed by atoms with Crippen molar-refractivity contribution in [3.8, 4) is 0 Å². The zero-order chi connectivity index (χ0) is 12.8. The molecule has 0 aromatic carbocycles. The van der Waals surface area contributed by atoms with E-state index in [1.54, 1.807) is 12.2 Å². The first-order valence-corrected chi connectivity index (χ1v) is 5.74. The summed E-state index contributed by atoms with van der Waals surface area (Å²) in [5, 5.41) is 0. The van der Waals surface area contributed by atoms with Crippen molar-refractivity contribution in [2.45, 2.75) is 48.0 Å². The van der Waals surface area contributed by atoms with Gasteiger partial charge < -0.3 is 0 Å². The lowest BCUT2D eigenvalue weighted by Crippen LogP contribution is -2.06. The maximum absolute atomic E-state index is 11.5. The van der Waals surface area contributed by atoms with Gasteiger partial charge in [-0.3, -0.25) is 4.79 Å². The molecular formula is C15H24O. The van der Waals surface area contributed by atoms with Gasteiger partial charge in [0.2, 0.25) is 0 Å². The van der Waals surface area contributed by atoms with Gasteiger partial charge in [0.15, 0.2) is 5.78 Å². The Morgan fingerprint density at radius 1 is 1.06 bits per heavy atom. The topological polar surface area (TPSA) is 17.1 Å². The van der Waals surface area contributed by atoms with Crippen molar-refractivity contribution in [1.29, 1.82) is 0 Å². The minimum absolute atomic E-state index is 0.0441. The largest absolute Gasteiger partial charge is 0.290 e. The van der Waals surface area contributed by atoms with Gasteiger partial charge in [-0.05, 0) is 51.7 Å². The Morgan fingerprint density at radius 3 is 2.06 bits per heavy atom. The molecule has 1 heteroatoms. The maximum Gasteiger partial charge on any atom is 0.178 e. The van der Waals surface area contributed by atoms with E-state index in [9.17, 15) is 4.79 Å². The van der Waals surface area contributed by atoms with Crippen molar-refractivity contribution < 1.29 is 4.79 Å². The number of allylic oxidation sites excluding steroid dienone is 6. The molecule has 1 nitrogen and oxygen atoms in total. The zero-order valence-corrected chi connectivity index (χ0v) is 11.4. The summed E-state index contributed by atoms with van der Waals surface area (Å²) in [5.41, 5.74) is 2.40. The molecule has 0 bridgehead atoms. The van der Waals surface area contributed by atoms with Gasteiger partial charge in [0.05, 0.1) is 0 Å². The molecule has 0 heterocycles. The molecule has 0 N–H and O–H groups in total. The zero-order valence-electron chi connectivity index (χ0n) is 11.4. The summed E-state index contributed by atoms with van der Waals surface area (Å²) >= 11 is 0. The first kappa shape index (κ1) is 14.9. The Hall–Kier alpha value is -1.11. The van der Waals surface area contributed by atoms with Crippen molar-refractivity contribution in [3.05, 3.63) is 35.5 Å². The first-order valence-electron chi connectivity index (χ1n) is 5.74. The summed E-state index contributed by atoms with van der Waals surface area (Å²) in [4.78, 5) is 11.5. The smallest absolute Gasteiger partial charge is 0.178 e. The molecule has 0 aromatic heterocycles. The van der Waals surface area contributed by atoms with Gasteiger partial charge in [-0.25, -0.2) is 0 Å². The fraction of sp³-hybridized carbons (Fsp3) is 0.533. The first-order chi connectivity index (χ1) is 7.23. The third kappa shape index (κ3) is 8.22. The van der Waals surface area contributed by atoms with Crippen LogP contribution in [0.3, 0.4) is 0 Å². The van der Waals surface area contributed by atoms with Crippen LogP contribution in [0.1, 0.15) is 48.0 Å². The Kier molecular flexibility index (Phi) is 6.02. The van der Waals surface area contributed by atoms with Crippen LogP contribution in [0.4, 0.5) is 0 Å². The molecule has 16 heavy (non-hydrogen) atoms. The molecule has 0 aromatic rings. The second-order valence-corrected chi connectivity index (χ2v) is 5.43. The van der Waals surface area contributed by atoms with Gasteiger partial charge in [-0.1, -0.05) is 37.1 Å². The summed E-state index contributed by atoms with van der Waals surface area (Å²) in [5.74, 6) is 0.0743. The second-order valence-electron chi connectivity index (χ2n) is 5.43. The van der Waals surface area contributed by atoms with Crippen LogP contribution in [0, 0.1) is 5.41 Å². The van der Waals surface area contributed by atoms with E-state index in [2.05, 4.69) is 33.8 Å². The summed E-state index contributed by atoms with van der Waals surface area (Å²) in [6.07, 6.45) is 8.50. The van der Waals surface area contributed by atoms with E-state index in [-0.39, 0.29) is 11.2 Å². The van der Waals surface area contributed by atoms with Crippen LogP contribution in [0.2, 0.25) is 0 Å². The van der Waals surface area contributed by atoms with Gasteiger partial charge in [0.1, 0.15) is 0 Å². The molecule has 0 aliphatic heterocycles. The molecule has 0 aliphatic rings. The molecule has 0 atom stereocenters. The molecule has 90 valence electrons. The van der Waals surface area contributed by atoms with Crippen molar-refractivity contribution >= 4 is 5.78 Å². The molecule has 0 rings (SSSR count). The number of hydrogen-bond acceptors (Lipinski definition) is 1. The summed E-state index contributed by atoms with van der Waals surface area (Å²) in [6.45, 7) is 12.3. The minimum atomic E-state index is 0.0441. The third-order valence-electron chi connectivity index (χ3n) is 2.17. The summed E-state index contributed by atoms with van der Waals surface area (Å²) in [7, 11) is 0. The Morgan fingerprint density at radius 2 is 1.62 bits per heavy atom. The van der Waals surface area contributed by atoms with Crippen LogP contribution in [-0.2, 0) is 4.79 Å². The molecule has 0 spiro atoms. The van der Waals surface area contributed by atoms with Crippen molar-refractivity contribution in [3.63, 3.8) is 0 Å². The summed E-state index contributed by atoms with van der Waals surface area (Å²) in [6, 6.07) is 0. The number of ketones is 1. The maximum atomic E-state index is 11.5. The predicted octanol–water partition coefficient (Wildman–Crippen LogP) is 4.46. The fourth-order valence-electron chi connectivity index (χ4n) is 1.18. The molecule has 0 aliphatic carbocycles. The highest BCUT2D eigenvalue weighted by molar-refractivity contribution is 5.99. The van der Waals surface area contributed by atoms with Crippen molar-refractivity contribution in [2.24, 2.45) is 5.41 Å². The number of rotatable bonds is 5. The quantitative estimate of drug-likeness (QED) is 0.494. The van der Waals surface area contributed by atoms with E-state index >= 15 is 0 Å². The van der Waals surface area contributed by atoms with Gasteiger partial charge in [0.25, 0.3) is 0 Å². The van der Waals surface area contributed by atoms with Gasteiger partial charge in [-0.15, -0.1) is 0 Å². The Balaban J connectivity index is 4.47. The highest BCUT2D eigenvalue weighted by atomic mass is 16.1. The average molecular weight is 220 g/mol. The third-order valence-corrected chi connectivity index (χ3v) is 2.17. The van der Waals surface area contributed by atoms with Crippen LogP contribution in [-0.4, -0.2) is 5.78 Å². The Bertz CT molecular complexity index is 319. The SMILES string of the molecule is CC(C)=CCC(C)(C)/C=C\C(=O)C=C(C)C. The fourth-order valence-corrected chi connectivity index (χ4v) is 1.18. The van der Waals surface area contributed by atoms with E-state index in [0.29, 0.717) is 0 Å². The standard InChI is InChI=1S/C15H24O/c1-12(2)7-9-15(5,6)10-8-14(16)11-13(3)4/h7-8,10-11H,9H2,1-6H3/b10-8-. The highest BCUT2D eigenvalue weighted by Crippen LogP contribution is 2.23. The molecule has 0 fully saturated rings. The van der Waals surface area contributed by atoms with E-state index in [0.717, 1.165) is 12.0 Å². The monoisotopic (exact) mass is 220 g/mol. The molecule has 0 unspecified atom stereocenters. The molecule has 0 saturated heterocycles. The van der Waals surface area contributed by atoms with Crippen LogP contribution in [0.25, 0.3) is 0 Å². The predicted molar refractivity (Wildman–Crippen MR) is 71.4 cm³/mol. The molecule has 0 saturated carbocycles. The summed E-state index contributed by atoms with van der Waals surface area (Å²) < 4.78 is 0. The number of carbonyl (C=O) groups excluding carboxylic acids is 1. The number of carbonyl (C=O) groups is 1. The Labute approximate surface area is 99.9 Å². The van der Waals surface area contributed by atoms with Gasteiger partial charge >= 0.3 is 0 Å². The van der Waals surface area contributed by atoms with Crippen LogP contribution < -0.4 is 0 Å². The van der Waals surface area contributed by atoms with Gasteiger partial charge in [0, 0.05) is 0 Å². The van der Waals surface area contributed by atoms with Crippen LogP contribution in [0.15, 0.2) is 35.5 Å². The molecular weight excluding hydrogens is 196 g/mol.